The highest BCUT2D eigenvalue weighted by Gasteiger charge is 2.16. The van der Waals surface area contributed by atoms with Crippen molar-refractivity contribution in [1.29, 1.82) is 0 Å². The van der Waals surface area contributed by atoms with Crippen LogP contribution in [0.1, 0.15) is 32.8 Å². The van der Waals surface area contributed by atoms with Crippen molar-refractivity contribution >= 4 is 12.0 Å². The average molecular weight is 293 g/mol. The van der Waals surface area contributed by atoms with E-state index in [0.717, 1.165) is 5.56 Å². The van der Waals surface area contributed by atoms with Crippen LogP contribution in [-0.2, 0) is 16.1 Å². The molecule has 1 rings (SSSR count). The van der Waals surface area contributed by atoms with E-state index in [2.05, 4.69) is 10.3 Å². The van der Waals surface area contributed by atoms with Crippen LogP contribution in [0.5, 0.6) is 0 Å². The summed E-state index contributed by atoms with van der Waals surface area (Å²) in [7, 11) is 1.73. The lowest BCUT2D eigenvalue weighted by Gasteiger charge is -2.20. The van der Waals surface area contributed by atoms with Crippen LogP contribution in [0.25, 0.3) is 0 Å². The number of nitrogens with zero attached hydrogens (tertiary/aromatic N) is 2. The van der Waals surface area contributed by atoms with Crippen LogP contribution in [0.2, 0.25) is 0 Å². The first-order valence-electron chi connectivity index (χ1n) is 6.87. The molecule has 0 unspecified atom stereocenters. The van der Waals surface area contributed by atoms with E-state index in [1.807, 2.05) is 12.1 Å². The third-order valence-electron chi connectivity index (χ3n) is 2.60. The molecule has 0 radical (unpaired) electrons. The minimum Gasteiger partial charge on any atom is -0.444 e. The summed E-state index contributed by atoms with van der Waals surface area (Å²) in [5.41, 5.74) is 0.479. The molecule has 0 bridgehead atoms. The highest BCUT2D eigenvalue weighted by molar-refractivity contribution is 5.77. The smallest absolute Gasteiger partial charge is 0.407 e. The number of aromatic nitrogens is 1. The second-order valence-corrected chi connectivity index (χ2v) is 5.78. The minimum absolute atomic E-state index is 0.0390. The molecule has 116 valence electrons. The van der Waals surface area contributed by atoms with Gasteiger partial charge < -0.3 is 15.0 Å². The van der Waals surface area contributed by atoms with Gasteiger partial charge in [-0.05, 0) is 38.5 Å². The summed E-state index contributed by atoms with van der Waals surface area (Å²) < 4.78 is 5.09. The number of alkyl carbamates (subject to hydrolysis) is 1. The van der Waals surface area contributed by atoms with Gasteiger partial charge in [0.25, 0.3) is 0 Å². The molecule has 2 amide bonds. The SMILES string of the molecule is CN(Cc1ccncc1)C(=O)CCNC(=O)OC(C)(C)C. The zero-order valence-electron chi connectivity index (χ0n) is 13.0. The maximum atomic E-state index is 11.9. The van der Waals surface area contributed by atoms with Crippen LogP contribution in [0.15, 0.2) is 24.5 Å². The summed E-state index contributed by atoms with van der Waals surface area (Å²) >= 11 is 0. The molecule has 6 nitrogen and oxygen atoms in total. The molecule has 1 N–H and O–H groups in total. The summed E-state index contributed by atoms with van der Waals surface area (Å²) in [4.78, 5) is 28.9. The third kappa shape index (κ3) is 7.29. The van der Waals surface area contributed by atoms with Gasteiger partial charge in [-0.3, -0.25) is 9.78 Å². The molecule has 0 saturated carbocycles. The van der Waals surface area contributed by atoms with Gasteiger partial charge in [0.2, 0.25) is 5.91 Å². The number of rotatable bonds is 5. The molecule has 1 aromatic heterocycles. The molecule has 6 heteroatoms. The fourth-order valence-electron chi connectivity index (χ4n) is 1.63. The number of carbonyl (C=O) groups is 2. The highest BCUT2D eigenvalue weighted by atomic mass is 16.6. The van der Waals surface area contributed by atoms with E-state index in [0.29, 0.717) is 6.54 Å². The van der Waals surface area contributed by atoms with Gasteiger partial charge in [-0.2, -0.15) is 0 Å². The Morgan fingerprint density at radius 3 is 2.48 bits per heavy atom. The topological polar surface area (TPSA) is 71.5 Å². The van der Waals surface area contributed by atoms with Gasteiger partial charge in [-0.15, -0.1) is 0 Å². The van der Waals surface area contributed by atoms with E-state index in [1.165, 1.54) is 0 Å². The van der Waals surface area contributed by atoms with Crippen molar-refractivity contribution in [2.75, 3.05) is 13.6 Å². The van der Waals surface area contributed by atoms with Gasteiger partial charge >= 0.3 is 6.09 Å². The van der Waals surface area contributed by atoms with Crippen LogP contribution in [-0.4, -0.2) is 41.1 Å². The van der Waals surface area contributed by atoms with Crippen molar-refractivity contribution in [1.82, 2.24) is 15.2 Å². The van der Waals surface area contributed by atoms with Gasteiger partial charge in [0.1, 0.15) is 5.60 Å². The summed E-state index contributed by atoms with van der Waals surface area (Å²) in [5, 5.41) is 2.57. The Labute approximate surface area is 125 Å². The number of amides is 2. The summed E-state index contributed by atoms with van der Waals surface area (Å²) in [6.45, 7) is 6.16. The van der Waals surface area contributed by atoms with Crippen molar-refractivity contribution in [3.05, 3.63) is 30.1 Å². The van der Waals surface area contributed by atoms with Crippen LogP contribution in [0, 0.1) is 0 Å². The number of hydrogen-bond donors (Lipinski definition) is 1. The zero-order valence-corrected chi connectivity index (χ0v) is 13.0. The van der Waals surface area contributed by atoms with E-state index in [9.17, 15) is 9.59 Å². The van der Waals surface area contributed by atoms with Crippen molar-refractivity contribution in [3.63, 3.8) is 0 Å². The Morgan fingerprint density at radius 2 is 1.90 bits per heavy atom. The molecule has 0 aliphatic carbocycles. The van der Waals surface area contributed by atoms with E-state index in [1.54, 1.807) is 45.1 Å². The van der Waals surface area contributed by atoms with E-state index >= 15 is 0 Å². The largest absolute Gasteiger partial charge is 0.444 e. The number of hydrogen-bond acceptors (Lipinski definition) is 4. The van der Waals surface area contributed by atoms with Gasteiger partial charge in [0, 0.05) is 39.0 Å². The third-order valence-corrected chi connectivity index (χ3v) is 2.60. The second-order valence-electron chi connectivity index (χ2n) is 5.78. The van der Waals surface area contributed by atoms with Gasteiger partial charge in [-0.1, -0.05) is 0 Å². The molecule has 21 heavy (non-hydrogen) atoms. The molecule has 0 atom stereocenters. The molecule has 0 aliphatic heterocycles. The molecule has 0 saturated heterocycles. The van der Waals surface area contributed by atoms with E-state index in [4.69, 9.17) is 4.74 Å². The van der Waals surface area contributed by atoms with Crippen molar-refractivity contribution in [3.8, 4) is 0 Å². The lowest BCUT2D eigenvalue weighted by molar-refractivity contribution is -0.130. The van der Waals surface area contributed by atoms with Crippen LogP contribution in [0.4, 0.5) is 4.79 Å². The average Bonchev–Trinajstić information content (AvgIpc) is 2.37. The lowest BCUT2D eigenvalue weighted by Crippen LogP contribution is -2.35. The normalized spacial score (nSPS) is 10.9. The number of nitrogens with one attached hydrogen (secondary N) is 1. The molecule has 1 heterocycles. The van der Waals surface area contributed by atoms with Crippen LogP contribution < -0.4 is 5.32 Å². The Morgan fingerprint density at radius 1 is 1.29 bits per heavy atom. The van der Waals surface area contributed by atoms with Crippen LogP contribution >= 0.6 is 0 Å². The van der Waals surface area contributed by atoms with Gasteiger partial charge in [0.05, 0.1) is 0 Å². The standard InChI is InChI=1S/C15H23N3O3/c1-15(2,3)21-14(20)17-10-7-13(19)18(4)11-12-5-8-16-9-6-12/h5-6,8-9H,7,10-11H2,1-4H3,(H,17,20). The second kappa shape index (κ2) is 7.61. The fourth-order valence-corrected chi connectivity index (χ4v) is 1.63. The van der Waals surface area contributed by atoms with Crippen molar-refractivity contribution in [2.24, 2.45) is 0 Å². The quantitative estimate of drug-likeness (QED) is 0.900. The molecule has 0 aliphatic rings. The van der Waals surface area contributed by atoms with Crippen molar-refractivity contribution < 1.29 is 14.3 Å². The fraction of sp³-hybridized carbons (Fsp3) is 0.533. The van der Waals surface area contributed by atoms with E-state index in [-0.39, 0.29) is 18.9 Å². The summed E-state index contributed by atoms with van der Waals surface area (Å²) in [6, 6.07) is 3.73. The van der Waals surface area contributed by atoms with Crippen LogP contribution in [0.3, 0.4) is 0 Å². The summed E-state index contributed by atoms with van der Waals surface area (Å²) in [5.74, 6) is -0.0390. The predicted octanol–water partition coefficient (Wildman–Crippen LogP) is 1.95. The Hall–Kier alpha value is -2.11. The highest BCUT2D eigenvalue weighted by Crippen LogP contribution is 2.06. The first-order valence-corrected chi connectivity index (χ1v) is 6.87. The first-order chi connectivity index (χ1) is 9.78. The maximum Gasteiger partial charge on any atom is 0.407 e. The molecule has 1 aromatic rings. The lowest BCUT2D eigenvalue weighted by atomic mass is 10.2. The zero-order chi connectivity index (χ0) is 15.9. The van der Waals surface area contributed by atoms with Crippen molar-refractivity contribution in [2.45, 2.75) is 39.3 Å². The molecule has 0 aromatic carbocycles. The summed E-state index contributed by atoms with van der Waals surface area (Å²) in [6.07, 6.45) is 3.11. The minimum atomic E-state index is -0.535. The molecular weight excluding hydrogens is 270 g/mol. The monoisotopic (exact) mass is 293 g/mol. The number of ether oxygens (including phenoxy) is 1. The predicted molar refractivity (Wildman–Crippen MR) is 79.6 cm³/mol. The van der Waals surface area contributed by atoms with Gasteiger partial charge in [0.15, 0.2) is 0 Å². The van der Waals surface area contributed by atoms with Gasteiger partial charge in [-0.25, -0.2) is 4.79 Å². The maximum absolute atomic E-state index is 11.9. The number of carbonyl (C=O) groups excluding carboxylic acids is 2. The molecule has 0 spiro atoms. The Balaban J connectivity index is 2.29. The Bertz CT molecular complexity index is 469. The Kier molecular flexibility index (Phi) is 6.14. The molecular formula is C15H23N3O3. The molecule has 0 fully saturated rings. The van der Waals surface area contributed by atoms with E-state index < -0.39 is 11.7 Å². The first kappa shape index (κ1) is 16.9. The number of pyridine rings is 1.